The van der Waals surface area contributed by atoms with Crippen molar-refractivity contribution in [2.45, 2.75) is 0 Å². The zero-order valence-electron chi connectivity index (χ0n) is 61.4. The molecule has 6 aliphatic heterocycles. The molecule has 10 heterocycles. The highest BCUT2D eigenvalue weighted by atomic mass is 16.5. The van der Waals surface area contributed by atoms with E-state index in [1.165, 1.54) is 0 Å². The Kier molecular flexibility index (Phi) is 14.9. The molecule has 6 aliphatic rings. The lowest BCUT2D eigenvalue weighted by Gasteiger charge is -2.45. The van der Waals surface area contributed by atoms with Crippen molar-refractivity contribution in [1.29, 1.82) is 0 Å². The number of aromatic nitrogens is 4. The molecule has 114 heavy (non-hydrogen) atoms. The molecule has 16 heteroatoms. The second-order valence-electron chi connectivity index (χ2n) is 29.3. The lowest BCUT2D eigenvalue weighted by atomic mass is 9.29. The number of nitrogens with zero attached hydrogens (tertiary/aromatic N) is 11. The molecule has 0 unspecified atom stereocenters. The van der Waals surface area contributed by atoms with Gasteiger partial charge in [-0.1, -0.05) is 182 Å². The third-order valence-corrected chi connectivity index (χ3v) is 23.0. The van der Waals surface area contributed by atoms with Gasteiger partial charge in [-0.25, -0.2) is 19.9 Å². The standard InChI is InChI=1S/C98H64B3N11O2/c1-7-31-65(32-8-1)106(66-33-9-2-10-34-66)71-55-84-96-86(57-71)111(94-49-25-29-53-104-94)82-63-88-78(61-76(82)99(96)74-43-19-21-45-80(74)109(84)92-47-23-27-51-102-92)101-79-62-77-83(64-89(79)114-91-60-73(59-90(113-88)98(91)101)108(69-39-15-5-16-40-69)70-41-17-6-18-42-70)112(95-50-26-30-54-105-95)87-58-72(107(67-35-11-3-12-36-67)68-37-13-4-14-38-68)56-85-97(87)100(77)75-44-20-22-46-81(75)110(85)93-48-24-28-52-103-93/h1-64H. The minimum atomic E-state index is -0.449. The van der Waals surface area contributed by atoms with Crippen LogP contribution < -0.4 is 92.9 Å². The Morgan fingerprint density at radius 3 is 0.754 bits per heavy atom. The summed E-state index contributed by atoms with van der Waals surface area (Å²) in [5, 5.41) is 0. The van der Waals surface area contributed by atoms with E-state index in [-0.39, 0.29) is 13.4 Å². The van der Waals surface area contributed by atoms with E-state index < -0.39 is 6.71 Å². The molecule has 0 atom stereocenters. The van der Waals surface area contributed by atoms with Crippen molar-refractivity contribution in [2.75, 3.05) is 34.3 Å². The molecule has 0 spiro atoms. The third kappa shape index (κ3) is 10.2. The normalized spacial score (nSPS) is 13.1. The van der Waals surface area contributed by atoms with Crippen LogP contribution in [-0.2, 0) is 0 Å². The fraction of sp³-hybridized carbons (Fsp3) is 0. The second kappa shape index (κ2) is 26.3. The van der Waals surface area contributed by atoms with Crippen molar-refractivity contribution in [2.24, 2.45) is 0 Å². The van der Waals surface area contributed by atoms with Gasteiger partial charge in [0.1, 0.15) is 46.3 Å². The van der Waals surface area contributed by atoms with Crippen LogP contribution in [0.4, 0.5) is 120 Å². The van der Waals surface area contributed by atoms with Gasteiger partial charge >= 0.3 is 0 Å². The first-order valence-electron chi connectivity index (χ1n) is 38.6. The van der Waals surface area contributed by atoms with Gasteiger partial charge in [-0.05, 0) is 201 Å². The van der Waals surface area contributed by atoms with Crippen molar-refractivity contribution >= 4 is 189 Å². The van der Waals surface area contributed by atoms with Crippen LogP contribution in [-0.4, -0.2) is 40.1 Å². The molecule has 17 aromatic rings. The highest BCUT2D eigenvalue weighted by Gasteiger charge is 2.51. The number of hydrogen-bond donors (Lipinski definition) is 0. The van der Waals surface area contributed by atoms with E-state index in [1.54, 1.807) is 0 Å². The van der Waals surface area contributed by atoms with Crippen molar-refractivity contribution in [3.63, 3.8) is 0 Å². The van der Waals surface area contributed by atoms with Crippen molar-refractivity contribution in [3.8, 4) is 23.0 Å². The summed E-state index contributed by atoms with van der Waals surface area (Å²) in [4.78, 5) is 37.5. The van der Waals surface area contributed by atoms with Crippen LogP contribution in [0.15, 0.2) is 389 Å². The molecule has 23 rings (SSSR count). The average molecular weight is 1460 g/mol. The zero-order chi connectivity index (χ0) is 74.9. The Morgan fingerprint density at radius 1 is 0.193 bits per heavy atom. The van der Waals surface area contributed by atoms with Crippen LogP contribution in [0.5, 0.6) is 23.0 Å². The quantitative estimate of drug-likeness (QED) is 0.103. The van der Waals surface area contributed by atoms with Gasteiger partial charge in [0.25, 0.3) is 20.1 Å². The highest BCUT2D eigenvalue weighted by Crippen LogP contribution is 2.53. The molecule has 532 valence electrons. The maximum atomic E-state index is 7.85. The number of hydrogen-bond acceptors (Lipinski definition) is 13. The van der Waals surface area contributed by atoms with Gasteiger partial charge in [0.15, 0.2) is 0 Å². The zero-order valence-corrected chi connectivity index (χ0v) is 61.4. The number of rotatable bonds is 13. The fourth-order valence-electron chi connectivity index (χ4n) is 18.5. The molecule has 0 radical (unpaired) electrons. The van der Waals surface area contributed by atoms with Gasteiger partial charge in [0.05, 0.1) is 17.1 Å². The molecule has 0 fully saturated rings. The number of benzene rings is 13. The maximum absolute atomic E-state index is 7.85. The first-order valence-corrected chi connectivity index (χ1v) is 38.6. The predicted molar refractivity (Wildman–Crippen MR) is 467 cm³/mol. The Bertz CT molecular complexity index is 6150. The van der Waals surface area contributed by atoms with Crippen LogP contribution >= 0.6 is 0 Å². The number of ether oxygens (including phenoxy) is 2. The molecule has 0 amide bonds. The minimum Gasteiger partial charge on any atom is -0.458 e. The van der Waals surface area contributed by atoms with Crippen molar-refractivity contribution < 1.29 is 9.47 Å². The summed E-state index contributed by atoms with van der Waals surface area (Å²) in [6, 6.07) is 130. The van der Waals surface area contributed by atoms with Gasteiger partial charge in [0, 0.05) is 134 Å². The summed E-state index contributed by atoms with van der Waals surface area (Å²) >= 11 is 0. The SMILES string of the molecule is c1ccc(N(c2ccccc2)c2cc3c4c(c2)Oc2cc5c(cc2B4c2cc4c(cc2O3)N(c2ccccn2)c2cc(N(c3ccccc3)c3ccccc3)cc3c2B4c2ccccc2N3c2ccccn2)B2c3ccccc3N(c3ccccn3)c3cc(N(c4ccccc4)c4ccccc4)cc(c32)N5c2ccccn2)cc1. The monoisotopic (exact) mass is 1460 g/mol. The summed E-state index contributed by atoms with van der Waals surface area (Å²) in [6.45, 7) is -1.08. The van der Waals surface area contributed by atoms with Crippen LogP contribution in [0, 0.1) is 0 Å². The fourth-order valence-corrected chi connectivity index (χ4v) is 18.5. The van der Waals surface area contributed by atoms with E-state index in [2.05, 4.69) is 374 Å². The first-order chi connectivity index (χ1) is 56.6. The van der Waals surface area contributed by atoms with E-state index in [4.69, 9.17) is 29.4 Å². The smallest absolute Gasteiger partial charge is 0.260 e. The second-order valence-corrected chi connectivity index (χ2v) is 29.3. The molecule has 0 saturated carbocycles. The van der Waals surface area contributed by atoms with Crippen LogP contribution in [0.3, 0.4) is 0 Å². The van der Waals surface area contributed by atoms with Crippen molar-refractivity contribution in [1.82, 2.24) is 19.9 Å². The summed E-state index contributed by atoms with van der Waals surface area (Å²) in [6.07, 6.45) is 7.57. The highest BCUT2D eigenvalue weighted by molar-refractivity contribution is 7.04. The number of pyridine rings is 4. The third-order valence-electron chi connectivity index (χ3n) is 23.0. The largest absolute Gasteiger partial charge is 0.458 e. The molecule has 0 N–H and O–H groups in total. The van der Waals surface area contributed by atoms with E-state index in [1.807, 2.05) is 49.1 Å². The molecular formula is C98H64B3N11O2. The van der Waals surface area contributed by atoms with Crippen LogP contribution in [0.2, 0.25) is 0 Å². The van der Waals surface area contributed by atoms with E-state index in [0.29, 0.717) is 23.0 Å². The van der Waals surface area contributed by atoms with Gasteiger partial charge in [-0.3, -0.25) is 19.6 Å². The lowest BCUT2D eigenvalue weighted by Crippen LogP contribution is -2.65. The Hall–Kier alpha value is -15.1. The number of anilines is 21. The predicted octanol–water partition coefficient (Wildman–Crippen LogP) is 18.6. The average Bonchev–Trinajstić information content (AvgIpc) is 0.689. The minimum absolute atomic E-state index is 0.314. The van der Waals surface area contributed by atoms with E-state index >= 15 is 0 Å². The molecule has 13 aromatic carbocycles. The van der Waals surface area contributed by atoms with E-state index in [9.17, 15) is 0 Å². The molecule has 13 nitrogen and oxygen atoms in total. The number of fused-ring (bicyclic) bond motifs is 12. The Morgan fingerprint density at radius 2 is 0.456 bits per heavy atom. The van der Waals surface area contributed by atoms with Crippen LogP contribution in [0.1, 0.15) is 0 Å². The lowest BCUT2D eigenvalue weighted by molar-refractivity contribution is 0.465. The van der Waals surface area contributed by atoms with Gasteiger partial charge in [0.2, 0.25) is 0 Å². The van der Waals surface area contributed by atoms with E-state index in [0.717, 1.165) is 169 Å². The maximum Gasteiger partial charge on any atom is 0.260 e. The molecule has 0 bridgehead atoms. The summed E-state index contributed by atoms with van der Waals surface area (Å²) < 4.78 is 15.7. The Labute approximate surface area is 660 Å². The summed E-state index contributed by atoms with van der Waals surface area (Å²) in [7, 11) is 0. The summed E-state index contributed by atoms with van der Waals surface area (Å²) in [5.41, 5.74) is 26.3. The summed E-state index contributed by atoms with van der Waals surface area (Å²) in [5.74, 6) is 5.91. The topological polar surface area (TPSA) is 92.7 Å². The molecular weight excluding hydrogens is 1400 g/mol. The van der Waals surface area contributed by atoms with Gasteiger partial charge < -0.3 is 24.2 Å². The van der Waals surface area contributed by atoms with Crippen LogP contribution in [0.25, 0.3) is 0 Å². The van der Waals surface area contributed by atoms with Gasteiger partial charge in [-0.2, -0.15) is 0 Å². The molecule has 0 aliphatic carbocycles. The van der Waals surface area contributed by atoms with Crippen molar-refractivity contribution in [3.05, 3.63) is 389 Å². The molecule has 0 saturated heterocycles. The first kappa shape index (κ1) is 64.8. The Balaban J connectivity index is 0.803. The molecule has 4 aromatic heterocycles. The van der Waals surface area contributed by atoms with Gasteiger partial charge in [-0.15, -0.1) is 0 Å². The number of para-hydroxylation sites is 8.